The Morgan fingerprint density at radius 2 is 1.76 bits per heavy atom. The average Bonchev–Trinajstić information content (AvgIpc) is 3.08. The van der Waals surface area contributed by atoms with Crippen LogP contribution in [0.25, 0.3) is 17.3 Å². The molecule has 1 saturated heterocycles. The number of thiocarbonyl (C=S) groups is 2. The third-order valence-corrected chi connectivity index (χ3v) is 5.03. The molecule has 0 radical (unpaired) electrons. The van der Waals surface area contributed by atoms with Gasteiger partial charge in [0.1, 0.15) is 0 Å². The van der Waals surface area contributed by atoms with Crippen molar-refractivity contribution in [3.63, 3.8) is 0 Å². The molecule has 1 aromatic carbocycles. The summed E-state index contributed by atoms with van der Waals surface area (Å²) < 4.78 is 7.78. The van der Waals surface area contributed by atoms with Crippen molar-refractivity contribution in [3.8, 4) is 11.3 Å². The number of ether oxygens (including phenoxy) is 1. The van der Waals surface area contributed by atoms with Gasteiger partial charge in [-0.15, -0.1) is 0 Å². The second-order valence-electron chi connectivity index (χ2n) is 6.07. The Balaban J connectivity index is 1.90. The molecule has 0 atom stereocenters. The zero-order valence-corrected chi connectivity index (χ0v) is 16.4. The molecular weight excluding hydrogens is 350 g/mol. The molecule has 1 fully saturated rings. The van der Waals surface area contributed by atoms with Gasteiger partial charge in [0.2, 0.25) is 0 Å². The van der Waals surface area contributed by atoms with E-state index in [-0.39, 0.29) is 0 Å². The highest BCUT2D eigenvalue weighted by atomic mass is 32.1. The number of benzene rings is 1. The van der Waals surface area contributed by atoms with Crippen LogP contribution in [-0.2, 0) is 11.8 Å². The Bertz CT molecular complexity index is 850. The van der Waals surface area contributed by atoms with Gasteiger partial charge in [-0.1, -0.05) is 24.4 Å². The quantitative estimate of drug-likeness (QED) is 0.595. The lowest BCUT2D eigenvalue weighted by molar-refractivity contribution is 0.442. The van der Waals surface area contributed by atoms with E-state index >= 15 is 0 Å². The van der Waals surface area contributed by atoms with E-state index in [0.717, 1.165) is 11.4 Å². The van der Waals surface area contributed by atoms with Crippen LogP contribution in [0.3, 0.4) is 0 Å². The highest BCUT2D eigenvalue weighted by Gasteiger charge is 2.28. The van der Waals surface area contributed by atoms with Crippen molar-refractivity contribution in [2.75, 3.05) is 25.5 Å². The van der Waals surface area contributed by atoms with Crippen LogP contribution in [0.1, 0.15) is 12.6 Å². The fourth-order valence-corrected chi connectivity index (χ4v) is 3.48. The van der Waals surface area contributed by atoms with Crippen molar-refractivity contribution < 1.29 is 4.74 Å². The minimum absolute atomic E-state index is 0.424. The summed E-state index contributed by atoms with van der Waals surface area (Å²) in [6, 6.07) is 12.7. The molecule has 2 aromatic rings. The van der Waals surface area contributed by atoms with Gasteiger partial charge in [-0.2, -0.15) is 0 Å². The Kier molecular flexibility index (Phi) is 4.92. The molecule has 1 aromatic heterocycles. The van der Waals surface area contributed by atoms with Gasteiger partial charge in [0.15, 0.2) is 10.7 Å². The lowest BCUT2D eigenvalue weighted by Crippen LogP contribution is -2.26. The zero-order chi connectivity index (χ0) is 18.1. The molecule has 130 valence electrons. The minimum Gasteiger partial charge on any atom is -0.428 e. The van der Waals surface area contributed by atoms with Gasteiger partial charge in [0.05, 0.1) is 0 Å². The third-order valence-electron chi connectivity index (χ3n) is 4.31. The van der Waals surface area contributed by atoms with Crippen molar-refractivity contribution in [1.82, 2.24) is 9.47 Å². The summed E-state index contributed by atoms with van der Waals surface area (Å²) in [4.78, 5) is 4.55. The monoisotopic (exact) mass is 371 g/mol. The van der Waals surface area contributed by atoms with Gasteiger partial charge in [0.25, 0.3) is 5.17 Å². The van der Waals surface area contributed by atoms with Gasteiger partial charge in [0, 0.05) is 50.8 Å². The normalized spacial score (nSPS) is 15.8. The van der Waals surface area contributed by atoms with Crippen LogP contribution in [-0.4, -0.2) is 40.3 Å². The fourth-order valence-electron chi connectivity index (χ4n) is 2.80. The first-order chi connectivity index (χ1) is 11.9. The Morgan fingerprint density at radius 3 is 2.32 bits per heavy atom. The van der Waals surface area contributed by atoms with Crippen LogP contribution in [0.4, 0.5) is 5.69 Å². The number of anilines is 1. The summed E-state index contributed by atoms with van der Waals surface area (Å²) in [7, 11) is 6.11. The van der Waals surface area contributed by atoms with Crippen LogP contribution in [0.5, 0.6) is 0 Å². The van der Waals surface area contributed by atoms with Crippen molar-refractivity contribution in [1.29, 1.82) is 0 Å². The van der Waals surface area contributed by atoms with E-state index in [1.165, 1.54) is 11.3 Å². The molecule has 3 rings (SSSR count). The molecule has 1 aliphatic heterocycles. The van der Waals surface area contributed by atoms with E-state index in [1.807, 2.05) is 39.0 Å². The molecule has 0 unspecified atom stereocenters. The third kappa shape index (κ3) is 3.32. The van der Waals surface area contributed by atoms with Gasteiger partial charge in [-0.05, 0) is 49.0 Å². The van der Waals surface area contributed by atoms with Gasteiger partial charge in [-0.25, -0.2) is 0 Å². The minimum atomic E-state index is 0.424. The highest BCUT2D eigenvalue weighted by Crippen LogP contribution is 2.27. The van der Waals surface area contributed by atoms with Gasteiger partial charge >= 0.3 is 0 Å². The number of hydrogen-bond acceptors (Lipinski definition) is 4. The first-order valence-electron chi connectivity index (χ1n) is 8.11. The molecule has 25 heavy (non-hydrogen) atoms. The molecule has 0 amide bonds. The first-order valence-corrected chi connectivity index (χ1v) is 8.93. The first kappa shape index (κ1) is 17.6. The van der Waals surface area contributed by atoms with E-state index < -0.39 is 0 Å². The summed E-state index contributed by atoms with van der Waals surface area (Å²) in [5.74, 6) is 0.637. The van der Waals surface area contributed by atoms with Crippen LogP contribution < -0.4 is 4.90 Å². The second kappa shape index (κ2) is 6.98. The molecule has 0 saturated carbocycles. The number of rotatable bonds is 4. The number of hydrogen-bond donors (Lipinski definition) is 0. The smallest absolute Gasteiger partial charge is 0.270 e. The molecule has 0 bridgehead atoms. The highest BCUT2D eigenvalue weighted by molar-refractivity contribution is 7.82. The summed E-state index contributed by atoms with van der Waals surface area (Å²) >= 11 is 10.7. The fraction of sp³-hybridized carbons (Fsp3) is 0.263. The van der Waals surface area contributed by atoms with Crippen LogP contribution in [0.15, 0.2) is 42.2 Å². The van der Waals surface area contributed by atoms with Gasteiger partial charge in [-0.3, -0.25) is 4.90 Å². The van der Waals surface area contributed by atoms with E-state index in [2.05, 4.69) is 45.9 Å². The Hall–Kier alpha value is -2.18. The molecule has 0 N–H and O–H groups in total. The van der Waals surface area contributed by atoms with Crippen molar-refractivity contribution in [3.05, 3.63) is 47.9 Å². The van der Waals surface area contributed by atoms with Crippen LogP contribution in [0.2, 0.25) is 0 Å². The van der Waals surface area contributed by atoms with E-state index in [9.17, 15) is 0 Å². The molecule has 1 aliphatic rings. The van der Waals surface area contributed by atoms with Crippen LogP contribution in [0, 0.1) is 0 Å². The maximum atomic E-state index is 5.65. The van der Waals surface area contributed by atoms with Crippen LogP contribution >= 0.6 is 24.4 Å². The summed E-state index contributed by atoms with van der Waals surface area (Å²) in [5, 5.41) is 0.424. The predicted molar refractivity (Wildman–Crippen MR) is 112 cm³/mol. The lowest BCUT2D eigenvalue weighted by atomic mass is 10.1. The van der Waals surface area contributed by atoms with E-state index in [0.29, 0.717) is 22.5 Å². The molecule has 0 aliphatic carbocycles. The Morgan fingerprint density at radius 1 is 1.08 bits per heavy atom. The number of aromatic nitrogens is 1. The largest absolute Gasteiger partial charge is 0.428 e. The lowest BCUT2D eigenvalue weighted by Gasteiger charge is -2.13. The topological polar surface area (TPSA) is 20.6 Å². The molecule has 6 heteroatoms. The standard InChI is InChI=1S/C19H21N3OS2/c1-5-22-18(24)17(23-19(22)25)12-15-10-11-16(21(15)4)13-6-8-14(9-7-13)20(2)3/h6-12H,5H2,1-4H3/b17-12-. The molecule has 4 nitrogen and oxygen atoms in total. The van der Waals surface area contributed by atoms with Crippen molar-refractivity contribution in [2.45, 2.75) is 6.92 Å². The molecule has 0 spiro atoms. The van der Waals surface area contributed by atoms with E-state index in [4.69, 9.17) is 29.2 Å². The van der Waals surface area contributed by atoms with E-state index in [1.54, 1.807) is 0 Å². The van der Waals surface area contributed by atoms with Crippen molar-refractivity contribution >= 4 is 46.4 Å². The average molecular weight is 372 g/mol. The molecule has 2 heterocycles. The summed E-state index contributed by atoms with van der Waals surface area (Å²) in [6.45, 7) is 2.72. The zero-order valence-electron chi connectivity index (χ0n) is 14.8. The second-order valence-corrected chi connectivity index (χ2v) is 6.81. The number of nitrogens with zero attached hydrogens (tertiary/aromatic N) is 3. The Labute approximate surface area is 159 Å². The summed E-state index contributed by atoms with van der Waals surface area (Å²) in [6.07, 6.45) is 1.95. The van der Waals surface area contributed by atoms with Crippen molar-refractivity contribution in [2.24, 2.45) is 7.05 Å². The predicted octanol–water partition coefficient (Wildman–Crippen LogP) is 4.06. The van der Waals surface area contributed by atoms with Gasteiger partial charge < -0.3 is 14.2 Å². The maximum absolute atomic E-state index is 5.65. The SMILES string of the molecule is CCN1C(=S)O/C(=C\c2ccc(-c3ccc(N(C)C)cc3)n2C)C1=S. The maximum Gasteiger partial charge on any atom is 0.270 e. The number of likely N-dealkylation sites (N-methyl/N-ethyl adjacent to an activating group) is 1. The molecular formula is C19H21N3OS2. The summed E-state index contributed by atoms with van der Waals surface area (Å²) in [5.41, 5.74) is 4.50.